The minimum atomic E-state index is 0.438. The summed E-state index contributed by atoms with van der Waals surface area (Å²) in [4.78, 5) is 14.0. The summed E-state index contributed by atoms with van der Waals surface area (Å²) < 4.78 is 0. The third-order valence-corrected chi connectivity index (χ3v) is 4.54. The number of piperazine rings is 1. The van der Waals surface area contributed by atoms with E-state index in [4.69, 9.17) is 5.26 Å². The summed E-state index contributed by atoms with van der Waals surface area (Å²) in [6.07, 6.45) is 4.14. The van der Waals surface area contributed by atoms with E-state index < -0.39 is 0 Å². The highest BCUT2D eigenvalue weighted by atomic mass is 15.3. The molecule has 0 spiro atoms. The Hall–Kier alpha value is -2.45. The van der Waals surface area contributed by atoms with Crippen LogP contribution in [-0.4, -0.2) is 47.1 Å². The van der Waals surface area contributed by atoms with Gasteiger partial charge in [-0.1, -0.05) is 24.3 Å². The summed E-state index contributed by atoms with van der Waals surface area (Å²) in [6, 6.07) is 10.7. The number of nitriles is 1. The normalized spacial score (nSPS) is 15.5. The molecule has 1 fully saturated rings. The van der Waals surface area contributed by atoms with Crippen LogP contribution >= 0.6 is 0 Å². The first kappa shape index (κ1) is 16.4. The number of rotatable bonds is 4. The second-order valence-corrected chi connectivity index (χ2v) is 6.41. The number of anilines is 1. The molecule has 0 bridgehead atoms. The summed E-state index contributed by atoms with van der Waals surface area (Å²) in [5.74, 6) is 0.947. The van der Waals surface area contributed by atoms with Crippen LogP contribution in [0.4, 0.5) is 5.82 Å². The van der Waals surface area contributed by atoms with E-state index in [1.54, 1.807) is 0 Å². The van der Waals surface area contributed by atoms with Gasteiger partial charge in [-0.15, -0.1) is 0 Å². The molecular weight excluding hydrogens is 298 g/mol. The van der Waals surface area contributed by atoms with Gasteiger partial charge in [0.25, 0.3) is 0 Å². The van der Waals surface area contributed by atoms with E-state index in [0.717, 1.165) is 48.8 Å². The van der Waals surface area contributed by atoms with Crippen LogP contribution in [0.25, 0.3) is 11.3 Å². The molecule has 2 aromatic rings. The second kappa shape index (κ2) is 7.41. The van der Waals surface area contributed by atoms with Crippen molar-refractivity contribution in [3.8, 4) is 17.3 Å². The van der Waals surface area contributed by atoms with Gasteiger partial charge in [-0.3, -0.25) is 9.88 Å². The zero-order valence-corrected chi connectivity index (χ0v) is 14.3. The molecule has 0 aliphatic carbocycles. The zero-order valence-electron chi connectivity index (χ0n) is 14.3. The van der Waals surface area contributed by atoms with Gasteiger partial charge in [-0.25, -0.2) is 4.98 Å². The van der Waals surface area contributed by atoms with E-state index in [1.165, 1.54) is 0 Å². The van der Waals surface area contributed by atoms with Crippen molar-refractivity contribution in [2.24, 2.45) is 0 Å². The van der Waals surface area contributed by atoms with Crippen molar-refractivity contribution < 1.29 is 0 Å². The van der Waals surface area contributed by atoms with Crippen LogP contribution in [-0.2, 0) is 6.42 Å². The van der Waals surface area contributed by atoms with E-state index >= 15 is 0 Å². The predicted octanol–water partition coefficient (Wildman–Crippen LogP) is 2.74. The fraction of sp³-hybridized carbons (Fsp3) is 0.421. The van der Waals surface area contributed by atoms with E-state index in [1.807, 2.05) is 36.7 Å². The average molecular weight is 321 g/mol. The van der Waals surface area contributed by atoms with Crippen molar-refractivity contribution in [2.75, 3.05) is 31.1 Å². The van der Waals surface area contributed by atoms with Gasteiger partial charge in [0, 0.05) is 37.8 Å². The quantitative estimate of drug-likeness (QED) is 0.866. The van der Waals surface area contributed by atoms with Crippen LogP contribution in [0.5, 0.6) is 0 Å². The zero-order chi connectivity index (χ0) is 16.9. The van der Waals surface area contributed by atoms with Crippen LogP contribution in [0.15, 0.2) is 36.7 Å². The molecule has 0 amide bonds. The Balaban J connectivity index is 1.66. The van der Waals surface area contributed by atoms with Crippen LogP contribution in [0.3, 0.4) is 0 Å². The molecule has 5 heteroatoms. The minimum absolute atomic E-state index is 0.438. The van der Waals surface area contributed by atoms with Crippen LogP contribution in [0, 0.1) is 11.3 Å². The topological polar surface area (TPSA) is 56.0 Å². The second-order valence-electron chi connectivity index (χ2n) is 6.41. The Bertz CT molecular complexity index is 692. The highest BCUT2D eigenvalue weighted by Gasteiger charge is 2.19. The first-order valence-electron chi connectivity index (χ1n) is 8.44. The number of hydrogen-bond acceptors (Lipinski definition) is 5. The molecule has 124 valence electrons. The van der Waals surface area contributed by atoms with Gasteiger partial charge >= 0.3 is 0 Å². The van der Waals surface area contributed by atoms with E-state index in [-0.39, 0.29) is 0 Å². The van der Waals surface area contributed by atoms with E-state index in [9.17, 15) is 0 Å². The van der Waals surface area contributed by atoms with Crippen molar-refractivity contribution in [3.63, 3.8) is 0 Å². The Labute approximate surface area is 143 Å². The molecule has 1 aliphatic heterocycles. The Morgan fingerprint density at radius 1 is 1.04 bits per heavy atom. The smallest absolute Gasteiger partial charge is 0.147 e. The largest absolute Gasteiger partial charge is 0.353 e. The molecular formula is C19H23N5. The van der Waals surface area contributed by atoms with Crippen molar-refractivity contribution in [3.05, 3.63) is 42.2 Å². The molecule has 2 heterocycles. The standard InChI is InChI=1S/C19H23N5/c1-15(2)23-9-11-24(12-10-23)19-14-21-18(13-22-19)17-5-3-16(4-6-17)7-8-20/h3-6,13-15H,7,9-12H2,1-2H3. The molecule has 1 aromatic heterocycles. The van der Waals surface area contributed by atoms with Gasteiger partial charge in [0.1, 0.15) is 5.82 Å². The summed E-state index contributed by atoms with van der Waals surface area (Å²) in [5, 5.41) is 8.73. The molecule has 1 saturated heterocycles. The van der Waals surface area contributed by atoms with Crippen molar-refractivity contribution in [2.45, 2.75) is 26.3 Å². The lowest BCUT2D eigenvalue weighted by Crippen LogP contribution is -2.49. The van der Waals surface area contributed by atoms with Gasteiger partial charge in [0.2, 0.25) is 0 Å². The first-order chi connectivity index (χ1) is 11.7. The van der Waals surface area contributed by atoms with Crippen LogP contribution in [0.1, 0.15) is 19.4 Å². The molecule has 0 atom stereocenters. The molecule has 1 aromatic carbocycles. The average Bonchev–Trinajstić information content (AvgIpc) is 2.63. The van der Waals surface area contributed by atoms with Gasteiger partial charge < -0.3 is 4.90 Å². The van der Waals surface area contributed by atoms with Gasteiger partial charge in [-0.05, 0) is 19.4 Å². The monoisotopic (exact) mass is 321 g/mol. The molecule has 0 N–H and O–H groups in total. The number of nitrogens with zero attached hydrogens (tertiary/aromatic N) is 5. The highest BCUT2D eigenvalue weighted by molar-refractivity contribution is 5.59. The minimum Gasteiger partial charge on any atom is -0.353 e. The number of benzene rings is 1. The van der Waals surface area contributed by atoms with Gasteiger partial charge in [0.05, 0.1) is 30.6 Å². The summed E-state index contributed by atoms with van der Waals surface area (Å²) in [5.41, 5.74) is 2.91. The van der Waals surface area contributed by atoms with Crippen LogP contribution in [0.2, 0.25) is 0 Å². The first-order valence-corrected chi connectivity index (χ1v) is 8.44. The van der Waals surface area contributed by atoms with Crippen molar-refractivity contribution in [1.29, 1.82) is 5.26 Å². The lowest BCUT2D eigenvalue weighted by molar-refractivity contribution is 0.209. The molecule has 0 unspecified atom stereocenters. The molecule has 0 saturated carbocycles. The molecule has 5 nitrogen and oxygen atoms in total. The maximum atomic E-state index is 8.73. The third kappa shape index (κ3) is 3.72. The van der Waals surface area contributed by atoms with Gasteiger partial charge in [-0.2, -0.15) is 5.26 Å². The summed E-state index contributed by atoms with van der Waals surface area (Å²) in [7, 11) is 0. The summed E-state index contributed by atoms with van der Waals surface area (Å²) in [6.45, 7) is 8.62. The molecule has 24 heavy (non-hydrogen) atoms. The third-order valence-electron chi connectivity index (χ3n) is 4.54. The SMILES string of the molecule is CC(C)N1CCN(c2cnc(-c3ccc(CC#N)cc3)cn2)CC1. The van der Waals surface area contributed by atoms with Crippen molar-refractivity contribution in [1.82, 2.24) is 14.9 Å². The van der Waals surface area contributed by atoms with Crippen LogP contribution < -0.4 is 4.90 Å². The molecule has 0 radical (unpaired) electrons. The van der Waals surface area contributed by atoms with Crippen molar-refractivity contribution >= 4 is 5.82 Å². The molecule has 3 rings (SSSR count). The van der Waals surface area contributed by atoms with Gasteiger partial charge in [0.15, 0.2) is 0 Å². The molecule has 1 aliphatic rings. The van der Waals surface area contributed by atoms with E-state index in [0.29, 0.717) is 12.5 Å². The summed E-state index contributed by atoms with van der Waals surface area (Å²) >= 11 is 0. The Morgan fingerprint density at radius 3 is 2.29 bits per heavy atom. The lowest BCUT2D eigenvalue weighted by atomic mass is 10.1. The fourth-order valence-corrected chi connectivity index (χ4v) is 2.99. The fourth-order valence-electron chi connectivity index (χ4n) is 2.99. The lowest BCUT2D eigenvalue weighted by Gasteiger charge is -2.37. The predicted molar refractivity (Wildman–Crippen MR) is 95.7 cm³/mol. The Kier molecular flexibility index (Phi) is 5.07. The van der Waals surface area contributed by atoms with E-state index in [2.05, 4.69) is 39.7 Å². The Morgan fingerprint density at radius 2 is 1.75 bits per heavy atom. The highest BCUT2D eigenvalue weighted by Crippen LogP contribution is 2.20. The maximum Gasteiger partial charge on any atom is 0.147 e. The number of aromatic nitrogens is 2. The maximum absolute atomic E-state index is 8.73. The number of hydrogen-bond donors (Lipinski definition) is 0.